The molecule has 0 amide bonds. The average Bonchev–Trinajstić information content (AvgIpc) is 2.45. The van der Waals surface area contributed by atoms with Crippen LogP contribution in [0.2, 0.25) is 0 Å². The number of hydrogen-bond donors (Lipinski definition) is 2. The van der Waals surface area contributed by atoms with Crippen molar-refractivity contribution >= 4 is 11.8 Å². The molecule has 1 fully saturated rings. The van der Waals surface area contributed by atoms with Crippen LogP contribution in [0.1, 0.15) is 23.5 Å². The Morgan fingerprint density at radius 3 is 3.28 bits per heavy atom. The highest BCUT2D eigenvalue weighted by molar-refractivity contribution is 5.85. The maximum atomic E-state index is 11.3. The van der Waals surface area contributed by atoms with E-state index in [1.54, 1.807) is 12.3 Å². The summed E-state index contributed by atoms with van der Waals surface area (Å²) in [5.74, 6) is 0.841. The highest BCUT2D eigenvalue weighted by Crippen LogP contribution is 2.11. The molecule has 1 aliphatic heterocycles. The second-order valence-corrected chi connectivity index (χ2v) is 4.35. The first kappa shape index (κ1) is 12.8. The molecule has 6 heteroatoms. The van der Waals surface area contributed by atoms with Crippen LogP contribution in [0.3, 0.4) is 0 Å². The smallest absolute Gasteiger partial charge is 0.376 e. The van der Waals surface area contributed by atoms with Gasteiger partial charge in [0.1, 0.15) is 5.82 Å². The molecular formula is C12H18N4O2. The topological polar surface area (TPSA) is 76.1 Å². The summed E-state index contributed by atoms with van der Waals surface area (Å²) in [6.07, 6.45) is 3.99. The lowest BCUT2D eigenvalue weighted by Gasteiger charge is -2.23. The molecule has 1 atom stereocenters. The van der Waals surface area contributed by atoms with Crippen LogP contribution in [0.5, 0.6) is 0 Å². The number of ether oxygens (including phenoxy) is 1. The van der Waals surface area contributed by atoms with Crippen molar-refractivity contribution in [2.75, 3.05) is 32.1 Å². The number of nitrogens with zero attached hydrogens (tertiary/aromatic N) is 2. The lowest BCUT2D eigenvalue weighted by molar-refractivity contribution is 0.0587. The van der Waals surface area contributed by atoms with E-state index in [1.807, 2.05) is 0 Å². The molecule has 6 nitrogen and oxygen atoms in total. The number of aromatic nitrogens is 2. The highest BCUT2D eigenvalue weighted by Gasteiger charge is 2.13. The second kappa shape index (κ2) is 6.30. The lowest BCUT2D eigenvalue weighted by Crippen LogP contribution is -2.33. The molecule has 1 aromatic rings. The molecule has 0 aromatic carbocycles. The number of piperidine rings is 1. The number of carbonyl (C=O) groups excluding carboxylic acids is 1. The monoisotopic (exact) mass is 250 g/mol. The van der Waals surface area contributed by atoms with E-state index in [0.29, 0.717) is 11.7 Å². The van der Waals surface area contributed by atoms with E-state index < -0.39 is 5.97 Å². The summed E-state index contributed by atoms with van der Waals surface area (Å²) in [5.41, 5.74) is 0. The molecule has 0 spiro atoms. The fraction of sp³-hybridized carbons (Fsp3) is 0.583. The van der Waals surface area contributed by atoms with Gasteiger partial charge in [-0.3, -0.25) is 0 Å². The van der Waals surface area contributed by atoms with E-state index in [4.69, 9.17) is 0 Å². The van der Waals surface area contributed by atoms with Crippen LogP contribution in [0.4, 0.5) is 5.82 Å². The maximum absolute atomic E-state index is 11.3. The van der Waals surface area contributed by atoms with Gasteiger partial charge in [0, 0.05) is 12.7 Å². The van der Waals surface area contributed by atoms with Crippen molar-refractivity contribution in [3.05, 3.63) is 18.1 Å². The van der Waals surface area contributed by atoms with E-state index in [0.717, 1.165) is 19.6 Å². The van der Waals surface area contributed by atoms with Crippen molar-refractivity contribution in [2.45, 2.75) is 12.8 Å². The van der Waals surface area contributed by atoms with Gasteiger partial charge < -0.3 is 15.4 Å². The molecule has 1 unspecified atom stereocenters. The van der Waals surface area contributed by atoms with Gasteiger partial charge in [0.05, 0.1) is 7.11 Å². The van der Waals surface area contributed by atoms with Crippen molar-refractivity contribution in [1.29, 1.82) is 0 Å². The third-order valence-corrected chi connectivity index (χ3v) is 2.99. The number of esters is 1. The molecule has 0 aliphatic carbocycles. The third-order valence-electron chi connectivity index (χ3n) is 2.99. The minimum atomic E-state index is -0.516. The zero-order valence-electron chi connectivity index (χ0n) is 10.5. The van der Waals surface area contributed by atoms with E-state index in [2.05, 4.69) is 25.3 Å². The van der Waals surface area contributed by atoms with Crippen LogP contribution >= 0.6 is 0 Å². The minimum Gasteiger partial charge on any atom is -0.463 e. The summed E-state index contributed by atoms with van der Waals surface area (Å²) >= 11 is 0. The van der Waals surface area contributed by atoms with E-state index in [1.165, 1.54) is 20.0 Å². The quantitative estimate of drug-likeness (QED) is 0.765. The molecule has 2 heterocycles. The summed E-state index contributed by atoms with van der Waals surface area (Å²) in [5, 5.41) is 6.60. The molecule has 18 heavy (non-hydrogen) atoms. The Labute approximate surface area is 106 Å². The molecule has 1 saturated heterocycles. The van der Waals surface area contributed by atoms with Crippen molar-refractivity contribution in [3.8, 4) is 0 Å². The molecule has 0 bridgehead atoms. The van der Waals surface area contributed by atoms with Crippen molar-refractivity contribution < 1.29 is 9.53 Å². The molecule has 0 radical (unpaired) electrons. The third kappa shape index (κ3) is 3.40. The second-order valence-electron chi connectivity index (χ2n) is 4.35. The van der Waals surface area contributed by atoms with Crippen LogP contribution in [-0.2, 0) is 4.74 Å². The Hall–Kier alpha value is -1.69. The van der Waals surface area contributed by atoms with Crippen LogP contribution in [-0.4, -0.2) is 42.7 Å². The first-order chi connectivity index (χ1) is 8.79. The Morgan fingerprint density at radius 2 is 2.56 bits per heavy atom. The van der Waals surface area contributed by atoms with Gasteiger partial charge in [-0.15, -0.1) is 0 Å². The van der Waals surface area contributed by atoms with E-state index in [-0.39, 0.29) is 5.82 Å². The zero-order chi connectivity index (χ0) is 12.8. The van der Waals surface area contributed by atoms with Crippen molar-refractivity contribution in [3.63, 3.8) is 0 Å². The Bertz CT molecular complexity index is 405. The van der Waals surface area contributed by atoms with Crippen molar-refractivity contribution in [1.82, 2.24) is 15.3 Å². The first-order valence-corrected chi connectivity index (χ1v) is 6.15. The molecule has 1 aromatic heterocycles. The normalized spacial score (nSPS) is 19.3. The largest absolute Gasteiger partial charge is 0.463 e. The van der Waals surface area contributed by atoms with Gasteiger partial charge in [0.2, 0.25) is 5.82 Å². The Kier molecular flexibility index (Phi) is 4.46. The van der Waals surface area contributed by atoms with Gasteiger partial charge in [0.15, 0.2) is 0 Å². The predicted octanol–water partition coefficient (Wildman–Crippen LogP) is 0.675. The SMILES string of the molecule is COC(=O)c1nccc(NCC2CCCNC2)n1. The fourth-order valence-corrected chi connectivity index (χ4v) is 1.99. The summed E-state index contributed by atoms with van der Waals surface area (Å²) in [4.78, 5) is 19.3. The molecule has 2 rings (SSSR count). The number of carbonyl (C=O) groups is 1. The van der Waals surface area contributed by atoms with Gasteiger partial charge in [-0.25, -0.2) is 14.8 Å². The first-order valence-electron chi connectivity index (χ1n) is 6.15. The number of methoxy groups -OCH3 is 1. The van der Waals surface area contributed by atoms with Gasteiger partial charge in [-0.2, -0.15) is 0 Å². The van der Waals surface area contributed by atoms with Crippen LogP contribution in [0, 0.1) is 5.92 Å². The van der Waals surface area contributed by atoms with Gasteiger partial charge in [-0.1, -0.05) is 0 Å². The zero-order valence-corrected chi connectivity index (χ0v) is 10.5. The molecule has 0 saturated carbocycles. The van der Waals surface area contributed by atoms with Crippen LogP contribution < -0.4 is 10.6 Å². The molecule has 2 N–H and O–H groups in total. The van der Waals surface area contributed by atoms with Crippen LogP contribution in [0.15, 0.2) is 12.3 Å². The van der Waals surface area contributed by atoms with Gasteiger partial charge in [-0.05, 0) is 37.9 Å². The maximum Gasteiger partial charge on any atom is 0.376 e. The van der Waals surface area contributed by atoms with Gasteiger partial charge in [0.25, 0.3) is 0 Å². The summed E-state index contributed by atoms with van der Waals surface area (Å²) in [7, 11) is 1.32. The lowest BCUT2D eigenvalue weighted by atomic mass is 10.00. The van der Waals surface area contributed by atoms with Gasteiger partial charge >= 0.3 is 5.97 Å². The Morgan fingerprint density at radius 1 is 1.67 bits per heavy atom. The summed E-state index contributed by atoms with van der Waals surface area (Å²) < 4.78 is 4.58. The highest BCUT2D eigenvalue weighted by atomic mass is 16.5. The summed E-state index contributed by atoms with van der Waals surface area (Å²) in [6, 6.07) is 1.75. The number of rotatable bonds is 4. The fourth-order valence-electron chi connectivity index (χ4n) is 1.99. The standard InChI is InChI=1S/C12H18N4O2/c1-18-12(17)11-14-6-4-10(16-11)15-8-9-3-2-5-13-7-9/h4,6,9,13H,2-3,5,7-8H2,1H3,(H,14,15,16). The number of nitrogens with one attached hydrogen (secondary N) is 2. The molecule has 1 aliphatic rings. The van der Waals surface area contributed by atoms with E-state index in [9.17, 15) is 4.79 Å². The number of hydrogen-bond acceptors (Lipinski definition) is 6. The van der Waals surface area contributed by atoms with Crippen molar-refractivity contribution in [2.24, 2.45) is 5.92 Å². The van der Waals surface area contributed by atoms with E-state index >= 15 is 0 Å². The Balaban J connectivity index is 1.90. The minimum absolute atomic E-state index is 0.0873. The number of anilines is 1. The summed E-state index contributed by atoms with van der Waals surface area (Å²) in [6.45, 7) is 2.99. The van der Waals surface area contributed by atoms with Crippen LogP contribution in [0.25, 0.3) is 0 Å². The molecule has 98 valence electrons. The predicted molar refractivity (Wildman–Crippen MR) is 67.5 cm³/mol. The average molecular weight is 250 g/mol. The molecular weight excluding hydrogens is 232 g/mol.